The van der Waals surface area contributed by atoms with E-state index in [2.05, 4.69) is 15.8 Å². The van der Waals surface area contributed by atoms with Crippen LogP contribution in [0.4, 0.5) is 0 Å². The molecule has 21 heavy (non-hydrogen) atoms. The molecule has 0 unspecified atom stereocenters. The van der Waals surface area contributed by atoms with E-state index in [1.54, 1.807) is 6.07 Å². The van der Waals surface area contributed by atoms with E-state index in [0.29, 0.717) is 18.2 Å². The van der Waals surface area contributed by atoms with E-state index in [0.717, 1.165) is 18.7 Å². The molecule has 0 spiro atoms. The minimum absolute atomic E-state index is 0. The van der Waals surface area contributed by atoms with Gasteiger partial charge >= 0.3 is 0 Å². The summed E-state index contributed by atoms with van der Waals surface area (Å²) in [6.07, 6.45) is 0. The number of aromatic nitrogens is 1. The van der Waals surface area contributed by atoms with E-state index in [1.165, 1.54) is 5.56 Å². The first-order valence-electron chi connectivity index (χ1n) is 6.75. The number of carbonyl (C=O) groups is 1. The van der Waals surface area contributed by atoms with Crippen LogP contribution in [0.25, 0.3) is 11.3 Å². The number of amides is 1. The lowest BCUT2D eigenvalue weighted by Crippen LogP contribution is -2.48. The number of hydrogen-bond donors (Lipinski definition) is 2. The highest BCUT2D eigenvalue weighted by atomic mass is 35.5. The van der Waals surface area contributed by atoms with Crippen molar-refractivity contribution in [2.75, 3.05) is 19.6 Å². The number of hydrogen-bond acceptors (Lipinski definition) is 4. The SMILES string of the molecule is Cc1ccc(-c2cc(C(=O)NCC3CNC3)on2)cc1.Cl. The molecule has 0 saturated carbocycles. The van der Waals surface area contributed by atoms with Crippen LogP contribution in [0.3, 0.4) is 0 Å². The van der Waals surface area contributed by atoms with Crippen LogP contribution in [0, 0.1) is 12.8 Å². The first-order chi connectivity index (χ1) is 9.72. The van der Waals surface area contributed by atoms with Gasteiger partial charge in [-0.25, -0.2) is 0 Å². The lowest BCUT2D eigenvalue weighted by Gasteiger charge is -2.26. The molecule has 0 bridgehead atoms. The van der Waals surface area contributed by atoms with Crippen molar-refractivity contribution in [2.24, 2.45) is 5.92 Å². The van der Waals surface area contributed by atoms with Crippen LogP contribution in [0.5, 0.6) is 0 Å². The minimum atomic E-state index is -0.206. The molecule has 112 valence electrons. The predicted octanol–water partition coefficient (Wildman–Crippen LogP) is 2.02. The van der Waals surface area contributed by atoms with Crippen molar-refractivity contribution in [3.8, 4) is 11.3 Å². The number of aryl methyl sites for hydroxylation is 1. The molecule has 6 heteroatoms. The number of nitrogens with one attached hydrogen (secondary N) is 2. The highest BCUT2D eigenvalue weighted by molar-refractivity contribution is 5.92. The van der Waals surface area contributed by atoms with Crippen LogP contribution < -0.4 is 10.6 Å². The summed E-state index contributed by atoms with van der Waals surface area (Å²) >= 11 is 0. The molecule has 1 saturated heterocycles. The van der Waals surface area contributed by atoms with E-state index >= 15 is 0 Å². The van der Waals surface area contributed by atoms with E-state index < -0.39 is 0 Å². The summed E-state index contributed by atoms with van der Waals surface area (Å²) < 4.78 is 5.12. The summed E-state index contributed by atoms with van der Waals surface area (Å²) in [7, 11) is 0. The van der Waals surface area contributed by atoms with Gasteiger partial charge in [-0.2, -0.15) is 0 Å². The molecule has 5 nitrogen and oxygen atoms in total. The summed E-state index contributed by atoms with van der Waals surface area (Å²) in [4.78, 5) is 11.9. The van der Waals surface area contributed by atoms with Crippen molar-refractivity contribution < 1.29 is 9.32 Å². The summed E-state index contributed by atoms with van der Waals surface area (Å²) in [6, 6.07) is 9.63. The molecular weight excluding hydrogens is 290 g/mol. The fourth-order valence-electron chi connectivity index (χ4n) is 2.06. The number of nitrogens with zero attached hydrogens (tertiary/aromatic N) is 1. The smallest absolute Gasteiger partial charge is 0.289 e. The Morgan fingerprint density at radius 2 is 2.10 bits per heavy atom. The van der Waals surface area contributed by atoms with E-state index in [9.17, 15) is 4.79 Å². The van der Waals surface area contributed by atoms with Gasteiger partial charge in [0.2, 0.25) is 5.76 Å². The van der Waals surface area contributed by atoms with Crippen molar-refractivity contribution >= 4 is 18.3 Å². The Balaban J connectivity index is 0.00000161. The Labute approximate surface area is 129 Å². The zero-order chi connectivity index (χ0) is 13.9. The maximum atomic E-state index is 11.9. The van der Waals surface area contributed by atoms with Crippen LogP contribution in [0.1, 0.15) is 16.1 Å². The summed E-state index contributed by atoms with van der Waals surface area (Å²) in [5.74, 6) is 0.578. The van der Waals surface area contributed by atoms with Crippen molar-refractivity contribution in [3.63, 3.8) is 0 Å². The van der Waals surface area contributed by atoms with Gasteiger partial charge < -0.3 is 15.2 Å². The molecule has 1 aromatic carbocycles. The third kappa shape index (κ3) is 3.62. The second-order valence-electron chi connectivity index (χ2n) is 5.18. The highest BCUT2D eigenvalue weighted by Crippen LogP contribution is 2.19. The molecule has 1 aliphatic rings. The van der Waals surface area contributed by atoms with E-state index in [4.69, 9.17) is 4.52 Å². The van der Waals surface area contributed by atoms with Gasteiger partial charge in [-0.05, 0) is 6.92 Å². The Morgan fingerprint density at radius 1 is 1.38 bits per heavy atom. The van der Waals surface area contributed by atoms with Crippen LogP contribution in [-0.2, 0) is 0 Å². The molecule has 0 atom stereocenters. The Bertz CT molecular complexity index is 606. The van der Waals surface area contributed by atoms with Gasteiger partial charge in [-0.15, -0.1) is 12.4 Å². The van der Waals surface area contributed by atoms with Crippen molar-refractivity contribution in [1.29, 1.82) is 0 Å². The third-order valence-corrected chi connectivity index (χ3v) is 3.50. The van der Waals surface area contributed by atoms with Gasteiger partial charge in [0.1, 0.15) is 5.69 Å². The highest BCUT2D eigenvalue weighted by Gasteiger charge is 2.19. The predicted molar refractivity (Wildman–Crippen MR) is 82.6 cm³/mol. The van der Waals surface area contributed by atoms with E-state index in [-0.39, 0.29) is 24.1 Å². The Kier molecular flexibility index (Phi) is 4.98. The standard InChI is InChI=1S/C15H17N3O2.ClH/c1-10-2-4-12(5-3-10)13-6-14(20-18-13)15(19)17-9-11-7-16-8-11;/h2-6,11,16H,7-9H2,1H3,(H,17,19);1H. The number of rotatable bonds is 4. The maximum absolute atomic E-state index is 11.9. The van der Waals surface area contributed by atoms with Crippen molar-refractivity contribution in [3.05, 3.63) is 41.7 Å². The van der Waals surface area contributed by atoms with Gasteiger partial charge in [-0.1, -0.05) is 35.0 Å². The third-order valence-electron chi connectivity index (χ3n) is 3.50. The fourth-order valence-corrected chi connectivity index (χ4v) is 2.06. The van der Waals surface area contributed by atoms with Crippen molar-refractivity contribution in [2.45, 2.75) is 6.92 Å². The molecule has 0 radical (unpaired) electrons. The molecule has 1 aliphatic heterocycles. The molecule has 2 aromatic rings. The van der Waals surface area contributed by atoms with Gasteiger partial charge in [-0.3, -0.25) is 4.79 Å². The number of halogens is 1. The van der Waals surface area contributed by atoms with Crippen LogP contribution >= 0.6 is 12.4 Å². The molecule has 3 rings (SSSR count). The summed E-state index contributed by atoms with van der Waals surface area (Å²) in [6.45, 7) is 4.63. The quantitative estimate of drug-likeness (QED) is 0.907. The minimum Gasteiger partial charge on any atom is -0.350 e. The van der Waals surface area contributed by atoms with Gasteiger partial charge in [0.15, 0.2) is 0 Å². The monoisotopic (exact) mass is 307 g/mol. The van der Waals surface area contributed by atoms with Gasteiger partial charge in [0.05, 0.1) is 0 Å². The Hall–Kier alpha value is -1.85. The normalized spacial score (nSPS) is 14.1. The van der Waals surface area contributed by atoms with Crippen LogP contribution in [0.2, 0.25) is 0 Å². The molecule has 1 fully saturated rings. The fraction of sp³-hybridized carbons (Fsp3) is 0.333. The number of carbonyl (C=O) groups excluding carboxylic acids is 1. The lowest BCUT2D eigenvalue weighted by atomic mass is 10.0. The maximum Gasteiger partial charge on any atom is 0.289 e. The molecule has 1 aromatic heterocycles. The zero-order valence-electron chi connectivity index (χ0n) is 11.8. The second-order valence-corrected chi connectivity index (χ2v) is 5.18. The van der Waals surface area contributed by atoms with Gasteiger partial charge in [0.25, 0.3) is 5.91 Å². The van der Waals surface area contributed by atoms with E-state index in [1.807, 2.05) is 31.2 Å². The number of benzene rings is 1. The topological polar surface area (TPSA) is 67.2 Å². The summed E-state index contributed by atoms with van der Waals surface area (Å²) in [5.41, 5.74) is 2.81. The van der Waals surface area contributed by atoms with Gasteiger partial charge in [0, 0.05) is 37.2 Å². The molecular formula is C15H18ClN3O2. The first kappa shape index (κ1) is 15.5. The molecule has 1 amide bonds. The molecule has 2 heterocycles. The summed E-state index contributed by atoms with van der Waals surface area (Å²) in [5, 5.41) is 9.98. The average Bonchev–Trinajstić information content (AvgIpc) is 2.87. The van der Waals surface area contributed by atoms with Crippen LogP contribution in [-0.4, -0.2) is 30.7 Å². The largest absolute Gasteiger partial charge is 0.350 e. The Morgan fingerprint density at radius 3 is 2.71 bits per heavy atom. The average molecular weight is 308 g/mol. The first-order valence-corrected chi connectivity index (χ1v) is 6.75. The molecule has 2 N–H and O–H groups in total. The van der Waals surface area contributed by atoms with Crippen LogP contribution in [0.15, 0.2) is 34.9 Å². The van der Waals surface area contributed by atoms with Crippen molar-refractivity contribution in [1.82, 2.24) is 15.8 Å². The second kappa shape index (κ2) is 6.74. The lowest BCUT2D eigenvalue weighted by molar-refractivity contribution is 0.0905. The zero-order valence-corrected chi connectivity index (χ0v) is 12.6. The molecule has 0 aliphatic carbocycles.